The number of halogens is 3. The van der Waals surface area contributed by atoms with Gasteiger partial charge in [-0.1, -0.05) is 18.2 Å². The molecule has 0 aromatic heterocycles. The van der Waals surface area contributed by atoms with Gasteiger partial charge in [0.25, 0.3) is 0 Å². The molecule has 1 nitrogen and oxygen atoms in total. The summed E-state index contributed by atoms with van der Waals surface area (Å²) >= 11 is 0. The van der Waals surface area contributed by atoms with Gasteiger partial charge in [0.05, 0.1) is 0 Å². The van der Waals surface area contributed by atoms with E-state index in [1.165, 1.54) is 0 Å². The topological polar surface area (TPSA) is 12.0 Å². The fraction of sp³-hybridized carbons (Fsp3) is 0.200. The number of para-hydroxylation sites is 1. The van der Waals surface area contributed by atoms with Crippen LogP contribution in [0.3, 0.4) is 0 Å². The first-order valence-corrected chi connectivity index (χ1v) is 6.11. The Kier molecular flexibility index (Phi) is 2.93. The molecule has 3 rings (SSSR count). The summed E-state index contributed by atoms with van der Waals surface area (Å²) < 4.78 is 39.5. The molecule has 19 heavy (non-hydrogen) atoms. The molecule has 0 radical (unpaired) electrons. The van der Waals surface area contributed by atoms with Crippen molar-refractivity contribution in [3.63, 3.8) is 0 Å². The Labute approximate surface area is 109 Å². The maximum Gasteiger partial charge on any atom is 0.194 e. The maximum atomic E-state index is 13.3. The van der Waals surface area contributed by atoms with Gasteiger partial charge >= 0.3 is 0 Å². The highest BCUT2D eigenvalue weighted by Crippen LogP contribution is 2.31. The predicted octanol–water partition coefficient (Wildman–Crippen LogP) is 3.86. The Bertz CT molecular complexity index is 602. The highest BCUT2D eigenvalue weighted by molar-refractivity contribution is 5.54. The average molecular weight is 263 g/mol. The molecule has 1 aliphatic rings. The van der Waals surface area contributed by atoms with Crippen LogP contribution >= 0.6 is 0 Å². The minimum absolute atomic E-state index is 0.0560. The molecule has 0 saturated heterocycles. The lowest BCUT2D eigenvalue weighted by Gasteiger charge is -2.26. The van der Waals surface area contributed by atoms with Crippen molar-refractivity contribution < 1.29 is 13.2 Å². The minimum Gasteiger partial charge on any atom is -0.384 e. The third-order valence-electron chi connectivity index (χ3n) is 3.50. The zero-order valence-electron chi connectivity index (χ0n) is 10.1. The van der Waals surface area contributed by atoms with E-state index in [4.69, 9.17) is 0 Å². The van der Waals surface area contributed by atoms with Crippen LogP contribution in [0.25, 0.3) is 0 Å². The molecule has 1 unspecified atom stereocenters. The van der Waals surface area contributed by atoms with Crippen LogP contribution in [-0.4, -0.2) is 6.54 Å². The third kappa shape index (κ3) is 2.18. The summed E-state index contributed by atoms with van der Waals surface area (Å²) in [4.78, 5) is 0. The van der Waals surface area contributed by atoms with E-state index in [1.54, 1.807) is 0 Å². The smallest absolute Gasteiger partial charge is 0.194 e. The third-order valence-corrected chi connectivity index (χ3v) is 3.50. The molecular formula is C15H12F3N. The van der Waals surface area contributed by atoms with E-state index in [1.807, 2.05) is 24.3 Å². The highest BCUT2D eigenvalue weighted by Gasteiger charge is 2.22. The van der Waals surface area contributed by atoms with E-state index in [9.17, 15) is 13.2 Å². The SMILES string of the molecule is Fc1cc(C2CNc3ccccc3C2)cc(F)c1F. The molecule has 4 heteroatoms. The Hall–Kier alpha value is -1.97. The Balaban J connectivity index is 1.93. The van der Waals surface area contributed by atoms with Gasteiger partial charge in [-0.25, -0.2) is 13.2 Å². The van der Waals surface area contributed by atoms with Crippen molar-refractivity contribution in [1.82, 2.24) is 0 Å². The fourth-order valence-electron chi connectivity index (χ4n) is 2.49. The lowest BCUT2D eigenvalue weighted by atomic mass is 9.88. The standard InChI is InChI=1S/C15H12F3N/c16-12-6-10(7-13(17)15(12)18)11-5-9-3-1-2-4-14(9)19-8-11/h1-4,6-7,11,19H,5,8H2. The van der Waals surface area contributed by atoms with Crippen LogP contribution in [0.1, 0.15) is 17.0 Å². The van der Waals surface area contributed by atoms with Gasteiger partial charge < -0.3 is 5.32 Å². The van der Waals surface area contributed by atoms with E-state index in [-0.39, 0.29) is 5.92 Å². The molecule has 0 bridgehead atoms. The Morgan fingerprint density at radius 2 is 1.68 bits per heavy atom. The summed E-state index contributed by atoms with van der Waals surface area (Å²) in [6.07, 6.45) is 0.688. The van der Waals surface area contributed by atoms with Gasteiger partial charge in [-0.05, 0) is 35.7 Å². The number of rotatable bonds is 1. The minimum atomic E-state index is -1.41. The quantitative estimate of drug-likeness (QED) is 0.770. The van der Waals surface area contributed by atoms with Crippen LogP contribution in [0, 0.1) is 17.5 Å². The summed E-state index contributed by atoms with van der Waals surface area (Å²) in [5.74, 6) is -3.73. The lowest BCUT2D eigenvalue weighted by Crippen LogP contribution is -2.21. The molecule has 98 valence electrons. The van der Waals surface area contributed by atoms with Gasteiger partial charge in [0.1, 0.15) is 0 Å². The lowest BCUT2D eigenvalue weighted by molar-refractivity contribution is 0.443. The summed E-state index contributed by atoms with van der Waals surface area (Å²) in [6, 6.07) is 9.97. The van der Waals surface area contributed by atoms with E-state index in [0.29, 0.717) is 18.5 Å². The zero-order valence-corrected chi connectivity index (χ0v) is 10.1. The van der Waals surface area contributed by atoms with E-state index in [0.717, 1.165) is 23.4 Å². The van der Waals surface area contributed by atoms with Gasteiger partial charge in [-0.2, -0.15) is 0 Å². The van der Waals surface area contributed by atoms with Gasteiger partial charge in [0.15, 0.2) is 17.5 Å². The van der Waals surface area contributed by atoms with Gasteiger partial charge in [0, 0.05) is 18.2 Å². The molecule has 0 fully saturated rings. The number of benzene rings is 2. The van der Waals surface area contributed by atoms with Crippen molar-refractivity contribution in [2.24, 2.45) is 0 Å². The van der Waals surface area contributed by atoms with Crippen LogP contribution in [0.15, 0.2) is 36.4 Å². The van der Waals surface area contributed by atoms with Gasteiger partial charge in [-0.3, -0.25) is 0 Å². The van der Waals surface area contributed by atoms with Crippen LogP contribution in [-0.2, 0) is 6.42 Å². The summed E-state index contributed by atoms with van der Waals surface area (Å²) in [7, 11) is 0. The normalized spacial score (nSPS) is 17.7. The van der Waals surface area contributed by atoms with Gasteiger partial charge in [-0.15, -0.1) is 0 Å². The molecule has 2 aromatic rings. The van der Waals surface area contributed by atoms with Crippen molar-refractivity contribution in [3.05, 3.63) is 65.0 Å². The van der Waals surface area contributed by atoms with Crippen molar-refractivity contribution in [2.75, 3.05) is 11.9 Å². The van der Waals surface area contributed by atoms with E-state index in [2.05, 4.69) is 5.32 Å². The molecule has 1 N–H and O–H groups in total. The zero-order chi connectivity index (χ0) is 13.4. The Morgan fingerprint density at radius 1 is 1.00 bits per heavy atom. The molecule has 0 spiro atoms. The first-order chi connectivity index (χ1) is 9.15. The van der Waals surface area contributed by atoms with Gasteiger partial charge in [0.2, 0.25) is 0 Å². The second-order valence-corrected chi connectivity index (χ2v) is 4.74. The number of hydrogen-bond donors (Lipinski definition) is 1. The Morgan fingerprint density at radius 3 is 2.42 bits per heavy atom. The second kappa shape index (κ2) is 4.61. The van der Waals surface area contributed by atoms with Crippen molar-refractivity contribution in [3.8, 4) is 0 Å². The summed E-state index contributed by atoms with van der Waals surface area (Å²) in [5, 5.41) is 3.23. The molecule has 0 aliphatic carbocycles. The van der Waals surface area contributed by atoms with Crippen molar-refractivity contribution in [2.45, 2.75) is 12.3 Å². The molecule has 0 amide bonds. The molecule has 2 aromatic carbocycles. The first-order valence-electron chi connectivity index (χ1n) is 6.11. The van der Waals surface area contributed by atoms with Crippen LogP contribution < -0.4 is 5.32 Å². The molecule has 1 atom stereocenters. The molecule has 1 aliphatic heterocycles. The molecule has 0 saturated carbocycles. The largest absolute Gasteiger partial charge is 0.384 e. The maximum absolute atomic E-state index is 13.3. The number of fused-ring (bicyclic) bond motifs is 1. The van der Waals surface area contributed by atoms with Crippen molar-refractivity contribution in [1.29, 1.82) is 0 Å². The molecule has 1 heterocycles. The monoisotopic (exact) mass is 263 g/mol. The highest BCUT2D eigenvalue weighted by atomic mass is 19.2. The predicted molar refractivity (Wildman–Crippen MR) is 67.7 cm³/mol. The van der Waals surface area contributed by atoms with Crippen molar-refractivity contribution >= 4 is 5.69 Å². The van der Waals surface area contributed by atoms with Crippen LogP contribution in [0.2, 0.25) is 0 Å². The number of hydrogen-bond acceptors (Lipinski definition) is 1. The summed E-state index contributed by atoms with van der Waals surface area (Å²) in [5.41, 5.74) is 2.63. The summed E-state index contributed by atoms with van der Waals surface area (Å²) in [6.45, 7) is 0.585. The fourth-order valence-corrected chi connectivity index (χ4v) is 2.49. The number of nitrogens with one attached hydrogen (secondary N) is 1. The number of anilines is 1. The van der Waals surface area contributed by atoms with E-state index < -0.39 is 17.5 Å². The molecular weight excluding hydrogens is 251 g/mol. The second-order valence-electron chi connectivity index (χ2n) is 4.74. The van der Waals surface area contributed by atoms with Crippen LogP contribution in [0.4, 0.5) is 18.9 Å². The average Bonchev–Trinajstić information content (AvgIpc) is 2.43. The van der Waals surface area contributed by atoms with E-state index >= 15 is 0 Å². The van der Waals surface area contributed by atoms with Crippen LogP contribution in [0.5, 0.6) is 0 Å². The first kappa shape index (κ1) is 12.1.